The van der Waals surface area contributed by atoms with E-state index in [-0.39, 0.29) is 11.9 Å². The monoisotopic (exact) mass is 544 g/mol. The summed E-state index contributed by atoms with van der Waals surface area (Å²) in [5.74, 6) is 2.50. The van der Waals surface area contributed by atoms with Crippen LogP contribution < -0.4 is 15.5 Å². The molecular weight excluding hydrogens is 508 g/mol. The Morgan fingerprint density at radius 1 is 0.875 bits per heavy atom. The molecule has 3 aliphatic rings. The van der Waals surface area contributed by atoms with E-state index in [4.69, 9.17) is 29.2 Å². The van der Waals surface area contributed by atoms with Gasteiger partial charge >= 0.3 is 6.03 Å². The number of rotatable bonds is 8. The van der Waals surface area contributed by atoms with Crippen molar-refractivity contribution in [1.29, 1.82) is 0 Å². The number of benzene rings is 2. The van der Waals surface area contributed by atoms with E-state index >= 15 is 0 Å². The van der Waals surface area contributed by atoms with E-state index in [1.807, 2.05) is 48.5 Å². The number of anilines is 3. The molecule has 6 rings (SSSR count). The molecule has 0 spiro atoms. The SMILES string of the molecule is COCCc1ccc(NC(=O)Nc2ccc(-c3nc(C4CCOCC4)nc(N4C5CCC4COC5)n3)cc2)cc1. The third-order valence-electron chi connectivity index (χ3n) is 7.91. The molecule has 2 N–H and O–H groups in total. The van der Waals surface area contributed by atoms with Crippen molar-refractivity contribution in [2.24, 2.45) is 0 Å². The number of aromatic nitrogens is 3. The van der Waals surface area contributed by atoms with Crippen molar-refractivity contribution in [2.45, 2.75) is 50.1 Å². The third kappa shape index (κ3) is 6.09. The number of methoxy groups -OCH3 is 1. The van der Waals surface area contributed by atoms with E-state index in [0.717, 1.165) is 73.9 Å². The quantitative estimate of drug-likeness (QED) is 0.422. The number of amides is 2. The Morgan fingerprint density at radius 2 is 1.52 bits per heavy atom. The summed E-state index contributed by atoms with van der Waals surface area (Å²) >= 11 is 0. The lowest BCUT2D eigenvalue weighted by Crippen LogP contribution is -2.47. The van der Waals surface area contributed by atoms with Crippen LogP contribution in [0.2, 0.25) is 0 Å². The van der Waals surface area contributed by atoms with Gasteiger partial charge < -0.3 is 29.7 Å². The van der Waals surface area contributed by atoms with E-state index in [1.165, 1.54) is 0 Å². The largest absolute Gasteiger partial charge is 0.384 e. The maximum atomic E-state index is 12.6. The van der Waals surface area contributed by atoms with E-state index in [2.05, 4.69) is 15.5 Å². The van der Waals surface area contributed by atoms with Crippen LogP contribution in [-0.4, -0.2) is 73.2 Å². The second-order valence-electron chi connectivity index (χ2n) is 10.6. The first kappa shape index (κ1) is 26.6. The first-order valence-electron chi connectivity index (χ1n) is 14.1. The predicted octanol–water partition coefficient (Wildman–Crippen LogP) is 4.63. The van der Waals surface area contributed by atoms with Crippen molar-refractivity contribution < 1.29 is 19.0 Å². The van der Waals surface area contributed by atoms with Crippen LogP contribution in [-0.2, 0) is 20.6 Å². The minimum absolute atomic E-state index is 0.256. The Balaban J connectivity index is 1.17. The molecule has 1 aromatic heterocycles. The van der Waals surface area contributed by atoms with Gasteiger partial charge in [0.25, 0.3) is 0 Å². The van der Waals surface area contributed by atoms with Crippen molar-refractivity contribution in [3.05, 3.63) is 59.9 Å². The number of carbonyl (C=O) groups excluding carboxylic acids is 1. The minimum atomic E-state index is -0.301. The van der Waals surface area contributed by atoms with Crippen molar-refractivity contribution in [1.82, 2.24) is 15.0 Å². The van der Waals surface area contributed by atoms with E-state index in [0.29, 0.717) is 43.4 Å². The summed E-state index contributed by atoms with van der Waals surface area (Å²) in [6.07, 6.45) is 4.85. The van der Waals surface area contributed by atoms with Gasteiger partial charge in [0, 0.05) is 43.2 Å². The molecule has 3 saturated heterocycles. The molecule has 10 heteroatoms. The van der Waals surface area contributed by atoms with Crippen LogP contribution in [0.15, 0.2) is 48.5 Å². The zero-order valence-corrected chi connectivity index (χ0v) is 22.8. The number of morpholine rings is 1. The fraction of sp³-hybridized carbons (Fsp3) is 0.467. The number of ether oxygens (including phenoxy) is 3. The maximum Gasteiger partial charge on any atom is 0.323 e. The Labute approximate surface area is 234 Å². The molecule has 3 aliphatic heterocycles. The molecule has 3 fully saturated rings. The summed E-state index contributed by atoms with van der Waals surface area (Å²) in [6.45, 7) is 3.55. The lowest BCUT2D eigenvalue weighted by Gasteiger charge is -2.35. The standard InChI is InChI=1S/C30H36N6O4/c1-38-15-12-20-2-6-23(7-3-20)31-30(37)32-24-8-4-21(5-9-24)27-33-28(22-13-16-39-17-14-22)35-29(34-27)36-25-10-11-26(36)19-40-18-25/h2-9,22,25-26H,10-19H2,1H3,(H2,31,32,37). The van der Waals surface area contributed by atoms with Gasteiger partial charge in [0.1, 0.15) is 5.82 Å². The predicted molar refractivity (Wildman–Crippen MR) is 153 cm³/mol. The zero-order chi connectivity index (χ0) is 27.3. The molecule has 40 heavy (non-hydrogen) atoms. The number of fused-ring (bicyclic) bond motifs is 2. The first-order chi connectivity index (χ1) is 19.7. The Bertz CT molecular complexity index is 1280. The molecule has 0 aliphatic carbocycles. The number of hydrogen-bond acceptors (Lipinski definition) is 8. The summed E-state index contributed by atoms with van der Waals surface area (Å²) in [5, 5.41) is 5.79. The van der Waals surface area contributed by atoms with Gasteiger partial charge in [-0.3, -0.25) is 0 Å². The molecule has 2 amide bonds. The number of urea groups is 1. The summed E-state index contributed by atoms with van der Waals surface area (Å²) in [7, 11) is 1.69. The molecule has 2 atom stereocenters. The van der Waals surface area contributed by atoms with Crippen LogP contribution >= 0.6 is 0 Å². The van der Waals surface area contributed by atoms with Gasteiger partial charge in [-0.25, -0.2) is 9.78 Å². The van der Waals surface area contributed by atoms with Gasteiger partial charge in [-0.15, -0.1) is 0 Å². The molecule has 10 nitrogen and oxygen atoms in total. The van der Waals surface area contributed by atoms with Crippen molar-refractivity contribution in [3.63, 3.8) is 0 Å². The Morgan fingerprint density at radius 3 is 2.17 bits per heavy atom. The van der Waals surface area contributed by atoms with Crippen LogP contribution in [0, 0.1) is 0 Å². The Hall–Kier alpha value is -3.60. The Kier molecular flexibility index (Phi) is 8.17. The van der Waals surface area contributed by atoms with Gasteiger partial charge in [-0.1, -0.05) is 12.1 Å². The summed E-state index contributed by atoms with van der Waals surface area (Å²) < 4.78 is 16.5. The molecule has 3 aromatic rings. The summed E-state index contributed by atoms with van der Waals surface area (Å²) in [5.41, 5.74) is 3.45. The van der Waals surface area contributed by atoms with Crippen molar-refractivity contribution in [3.8, 4) is 11.4 Å². The van der Waals surface area contributed by atoms with E-state index in [9.17, 15) is 4.79 Å². The molecule has 0 radical (unpaired) electrons. The van der Waals surface area contributed by atoms with Crippen molar-refractivity contribution in [2.75, 3.05) is 55.7 Å². The lowest BCUT2D eigenvalue weighted by atomic mass is 9.99. The van der Waals surface area contributed by atoms with E-state index < -0.39 is 0 Å². The molecule has 4 heterocycles. The van der Waals surface area contributed by atoms with Gasteiger partial charge in [-0.2, -0.15) is 9.97 Å². The zero-order valence-electron chi connectivity index (χ0n) is 22.8. The van der Waals surface area contributed by atoms with Crippen LogP contribution in [0.1, 0.15) is 43.0 Å². The van der Waals surface area contributed by atoms with Gasteiger partial charge in [-0.05, 0) is 74.1 Å². The van der Waals surface area contributed by atoms with Gasteiger partial charge in [0.05, 0.1) is 31.9 Å². The van der Waals surface area contributed by atoms with E-state index in [1.54, 1.807) is 7.11 Å². The summed E-state index contributed by atoms with van der Waals surface area (Å²) in [4.78, 5) is 29.8. The molecule has 2 unspecified atom stereocenters. The average molecular weight is 545 g/mol. The molecule has 2 aromatic carbocycles. The van der Waals surface area contributed by atoms with Gasteiger partial charge in [0.2, 0.25) is 5.95 Å². The molecule has 2 bridgehead atoms. The van der Waals surface area contributed by atoms with Crippen molar-refractivity contribution >= 4 is 23.4 Å². The highest BCUT2D eigenvalue weighted by molar-refractivity contribution is 5.99. The van der Waals surface area contributed by atoms with Crippen LogP contribution in [0.3, 0.4) is 0 Å². The number of nitrogens with one attached hydrogen (secondary N) is 2. The second kappa shape index (κ2) is 12.3. The number of carbonyl (C=O) groups is 1. The fourth-order valence-electron chi connectivity index (χ4n) is 5.69. The maximum absolute atomic E-state index is 12.6. The average Bonchev–Trinajstić information content (AvgIpc) is 3.25. The van der Waals surface area contributed by atoms with Crippen LogP contribution in [0.4, 0.5) is 22.1 Å². The minimum Gasteiger partial charge on any atom is -0.384 e. The lowest BCUT2D eigenvalue weighted by molar-refractivity contribution is 0.0831. The van der Waals surface area contributed by atoms with Crippen LogP contribution in [0.25, 0.3) is 11.4 Å². The summed E-state index contributed by atoms with van der Waals surface area (Å²) in [6, 6.07) is 15.7. The highest BCUT2D eigenvalue weighted by Gasteiger charge is 2.39. The van der Waals surface area contributed by atoms with Crippen LogP contribution in [0.5, 0.6) is 0 Å². The highest BCUT2D eigenvalue weighted by Crippen LogP contribution is 2.34. The molecular formula is C30H36N6O4. The smallest absolute Gasteiger partial charge is 0.323 e. The second-order valence-corrected chi connectivity index (χ2v) is 10.6. The topological polar surface area (TPSA) is 111 Å². The number of nitrogens with zero attached hydrogens (tertiary/aromatic N) is 4. The first-order valence-corrected chi connectivity index (χ1v) is 14.1. The third-order valence-corrected chi connectivity index (χ3v) is 7.91. The van der Waals surface area contributed by atoms with Gasteiger partial charge in [0.15, 0.2) is 5.82 Å². The molecule has 0 saturated carbocycles. The number of hydrogen-bond donors (Lipinski definition) is 2. The molecule has 210 valence electrons. The fourth-order valence-corrected chi connectivity index (χ4v) is 5.69. The highest BCUT2D eigenvalue weighted by atomic mass is 16.5. The normalized spacial score (nSPS) is 20.9.